The van der Waals surface area contributed by atoms with Crippen molar-refractivity contribution in [3.05, 3.63) is 71.0 Å². The van der Waals surface area contributed by atoms with E-state index in [4.69, 9.17) is 5.73 Å². The fourth-order valence-corrected chi connectivity index (χ4v) is 1.78. The van der Waals surface area contributed by atoms with Crippen LogP contribution in [0.4, 0.5) is 13.2 Å². The van der Waals surface area contributed by atoms with Crippen LogP contribution in [0, 0.1) is 17.5 Å². The van der Waals surface area contributed by atoms with Crippen molar-refractivity contribution < 1.29 is 13.2 Å². The molecule has 0 saturated carbocycles. The van der Waals surface area contributed by atoms with Crippen LogP contribution >= 0.6 is 0 Å². The second-order valence-electron chi connectivity index (χ2n) is 4.08. The van der Waals surface area contributed by atoms with E-state index >= 15 is 0 Å². The van der Waals surface area contributed by atoms with Gasteiger partial charge in [-0.3, -0.25) is 0 Å². The third-order valence-electron chi connectivity index (χ3n) is 2.76. The molecule has 94 valence electrons. The average Bonchev–Trinajstić information content (AvgIpc) is 2.37. The molecule has 0 aliphatic rings. The molecule has 2 aromatic rings. The minimum Gasteiger partial charge on any atom is -0.324 e. The third-order valence-corrected chi connectivity index (χ3v) is 2.76. The Balaban J connectivity index is 2.22. The monoisotopic (exact) mass is 251 g/mol. The molecule has 0 amide bonds. The molecule has 0 bridgehead atoms. The van der Waals surface area contributed by atoms with E-state index in [0.29, 0.717) is 6.07 Å². The average molecular weight is 251 g/mol. The number of rotatable bonds is 3. The Morgan fingerprint density at radius 3 is 2.17 bits per heavy atom. The van der Waals surface area contributed by atoms with Gasteiger partial charge < -0.3 is 5.73 Å². The zero-order valence-electron chi connectivity index (χ0n) is 9.54. The molecular formula is C14H12F3N. The molecule has 0 radical (unpaired) electrons. The molecule has 0 heterocycles. The summed E-state index contributed by atoms with van der Waals surface area (Å²) in [6.07, 6.45) is 0.118. The van der Waals surface area contributed by atoms with Gasteiger partial charge in [-0.15, -0.1) is 0 Å². The van der Waals surface area contributed by atoms with E-state index in [-0.39, 0.29) is 12.0 Å². The van der Waals surface area contributed by atoms with Crippen molar-refractivity contribution in [3.63, 3.8) is 0 Å². The summed E-state index contributed by atoms with van der Waals surface area (Å²) in [5.41, 5.74) is 6.80. The fourth-order valence-electron chi connectivity index (χ4n) is 1.78. The van der Waals surface area contributed by atoms with Crippen LogP contribution in [0.5, 0.6) is 0 Å². The lowest BCUT2D eigenvalue weighted by atomic mass is 9.99. The summed E-state index contributed by atoms with van der Waals surface area (Å²) >= 11 is 0. The molecule has 0 fully saturated rings. The predicted octanol–water partition coefficient (Wildman–Crippen LogP) is 3.35. The van der Waals surface area contributed by atoms with E-state index in [9.17, 15) is 13.2 Å². The van der Waals surface area contributed by atoms with Crippen LogP contribution in [-0.2, 0) is 6.42 Å². The summed E-state index contributed by atoms with van der Waals surface area (Å²) in [5.74, 6) is -3.03. The van der Waals surface area contributed by atoms with Crippen molar-refractivity contribution in [2.75, 3.05) is 0 Å². The van der Waals surface area contributed by atoms with Crippen molar-refractivity contribution in [1.29, 1.82) is 0 Å². The number of benzene rings is 2. The summed E-state index contributed by atoms with van der Waals surface area (Å²) in [6.45, 7) is 0. The summed E-state index contributed by atoms with van der Waals surface area (Å²) in [7, 11) is 0. The van der Waals surface area contributed by atoms with Gasteiger partial charge in [0.15, 0.2) is 11.6 Å². The zero-order valence-corrected chi connectivity index (χ0v) is 9.54. The third kappa shape index (κ3) is 2.71. The van der Waals surface area contributed by atoms with Gasteiger partial charge >= 0.3 is 0 Å². The van der Waals surface area contributed by atoms with Gasteiger partial charge in [0.25, 0.3) is 0 Å². The molecule has 0 saturated heterocycles. The maximum absolute atomic E-state index is 13.4. The SMILES string of the molecule is NC(Cc1cc(F)c(F)cc1F)c1ccccc1. The standard InChI is InChI=1S/C14H12F3N/c15-11-8-13(17)12(16)6-10(11)7-14(18)9-4-2-1-3-5-9/h1-6,8,14H,7,18H2. The molecule has 2 N–H and O–H groups in total. The number of hydrogen-bond donors (Lipinski definition) is 1. The van der Waals surface area contributed by atoms with Gasteiger partial charge in [-0.25, -0.2) is 13.2 Å². The number of nitrogens with two attached hydrogens (primary N) is 1. The molecule has 4 heteroatoms. The highest BCUT2D eigenvalue weighted by molar-refractivity contribution is 5.25. The Labute approximate surface area is 103 Å². The van der Waals surface area contributed by atoms with Gasteiger partial charge in [0.2, 0.25) is 0 Å². The van der Waals surface area contributed by atoms with Crippen molar-refractivity contribution in [2.24, 2.45) is 5.73 Å². The second kappa shape index (κ2) is 5.23. The van der Waals surface area contributed by atoms with Gasteiger partial charge in [-0.05, 0) is 23.6 Å². The van der Waals surface area contributed by atoms with E-state index in [0.717, 1.165) is 11.6 Å². The molecule has 0 aliphatic carbocycles. The van der Waals surface area contributed by atoms with E-state index < -0.39 is 23.5 Å². The van der Waals surface area contributed by atoms with E-state index in [1.54, 1.807) is 0 Å². The van der Waals surface area contributed by atoms with Gasteiger partial charge in [0, 0.05) is 12.1 Å². The molecule has 0 spiro atoms. The predicted molar refractivity (Wildman–Crippen MR) is 63.4 cm³/mol. The highest BCUT2D eigenvalue weighted by Gasteiger charge is 2.13. The smallest absolute Gasteiger partial charge is 0.161 e. The lowest BCUT2D eigenvalue weighted by molar-refractivity contribution is 0.487. The van der Waals surface area contributed by atoms with Crippen molar-refractivity contribution in [1.82, 2.24) is 0 Å². The Hall–Kier alpha value is -1.81. The Morgan fingerprint density at radius 2 is 1.50 bits per heavy atom. The van der Waals surface area contributed by atoms with E-state index in [1.807, 2.05) is 30.3 Å². The van der Waals surface area contributed by atoms with Gasteiger partial charge in [0.1, 0.15) is 5.82 Å². The first-order valence-electron chi connectivity index (χ1n) is 5.52. The van der Waals surface area contributed by atoms with E-state index in [1.165, 1.54) is 0 Å². The Bertz CT molecular complexity index is 540. The van der Waals surface area contributed by atoms with E-state index in [2.05, 4.69) is 0 Å². The molecule has 1 nitrogen and oxygen atoms in total. The first-order chi connectivity index (χ1) is 8.58. The van der Waals surface area contributed by atoms with Crippen LogP contribution in [-0.4, -0.2) is 0 Å². The lowest BCUT2D eigenvalue weighted by Gasteiger charge is -2.12. The highest BCUT2D eigenvalue weighted by atomic mass is 19.2. The summed E-state index contributed by atoms with van der Waals surface area (Å²) in [5, 5.41) is 0. The number of halogens is 3. The minimum absolute atomic E-state index is 0.0743. The van der Waals surface area contributed by atoms with Crippen LogP contribution < -0.4 is 5.73 Å². The van der Waals surface area contributed by atoms with Gasteiger partial charge in [-0.1, -0.05) is 30.3 Å². The fraction of sp³-hybridized carbons (Fsp3) is 0.143. The van der Waals surface area contributed by atoms with Crippen molar-refractivity contribution in [2.45, 2.75) is 12.5 Å². The quantitative estimate of drug-likeness (QED) is 0.832. The summed E-state index contributed by atoms with van der Waals surface area (Å²) in [4.78, 5) is 0. The topological polar surface area (TPSA) is 26.0 Å². The second-order valence-corrected chi connectivity index (χ2v) is 4.08. The van der Waals surface area contributed by atoms with Crippen molar-refractivity contribution in [3.8, 4) is 0 Å². The first-order valence-corrected chi connectivity index (χ1v) is 5.52. The zero-order chi connectivity index (χ0) is 13.1. The van der Waals surface area contributed by atoms with Gasteiger partial charge in [-0.2, -0.15) is 0 Å². The van der Waals surface area contributed by atoms with Crippen LogP contribution in [0.3, 0.4) is 0 Å². The first kappa shape index (κ1) is 12.6. The molecule has 0 aliphatic heterocycles. The maximum Gasteiger partial charge on any atom is 0.161 e. The molecular weight excluding hydrogens is 239 g/mol. The largest absolute Gasteiger partial charge is 0.324 e. The lowest BCUT2D eigenvalue weighted by Crippen LogP contribution is -2.14. The number of hydrogen-bond acceptors (Lipinski definition) is 1. The summed E-state index contributed by atoms with van der Waals surface area (Å²) < 4.78 is 39.2. The maximum atomic E-state index is 13.4. The molecule has 1 unspecified atom stereocenters. The van der Waals surface area contributed by atoms with Crippen LogP contribution in [0.2, 0.25) is 0 Å². The molecule has 2 aromatic carbocycles. The Morgan fingerprint density at radius 1 is 0.889 bits per heavy atom. The van der Waals surface area contributed by atoms with Crippen LogP contribution in [0.15, 0.2) is 42.5 Å². The van der Waals surface area contributed by atoms with Gasteiger partial charge in [0.05, 0.1) is 0 Å². The normalized spacial score (nSPS) is 12.4. The van der Waals surface area contributed by atoms with Crippen molar-refractivity contribution >= 4 is 0 Å². The van der Waals surface area contributed by atoms with Crippen LogP contribution in [0.25, 0.3) is 0 Å². The highest BCUT2D eigenvalue weighted by Crippen LogP contribution is 2.20. The molecule has 18 heavy (non-hydrogen) atoms. The summed E-state index contributed by atoms with van der Waals surface area (Å²) in [6, 6.07) is 10.0. The molecule has 2 rings (SSSR count). The van der Waals surface area contributed by atoms with Crippen LogP contribution in [0.1, 0.15) is 17.2 Å². The minimum atomic E-state index is -1.19. The molecule has 1 atom stereocenters. The molecule has 0 aromatic heterocycles. The Kier molecular flexibility index (Phi) is 3.67.